The van der Waals surface area contributed by atoms with Crippen molar-refractivity contribution in [3.05, 3.63) is 17.1 Å². The first-order valence-electron chi connectivity index (χ1n) is 5.25. The van der Waals surface area contributed by atoms with Gasteiger partial charge >= 0.3 is 0 Å². The Balaban J connectivity index is 2.50. The van der Waals surface area contributed by atoms with E-state index >= 15 is 0 Å². The number of rotatable bonds is 2. The van der Waals surface area contributed by atoms with Gasteiger partial charge in [0.1, 0.15) is 0 Å². The van der Waals surface area contributed by atoms with Crippen molar-refractivity contribution in [3.63, 3.8) is 0 Å². The molecular formula is C11H14N2O3. The van der Waals surface area contributed by atoms with Crippen LogP contribution in [0.2, 0.25) is 0 Å². The van der Waals surface area contributed by atoms with E-state index in [-0.39, 0.29) is 11.6 Å². The highest BCUT2D eigenvalue weighted by Gasteiger charge is 2.18. The lowest BCUT2D eigenvalue weighted by Crippen LogP contribution is -2.10. The van der Waals surface area contributed by atoms with Gasteiger partial charge in [-0.3, -0.25) is 4.79 Å². The van der Waals surface area contributed by atoms with Crippen molar-refractivity contribution in [3.8, 4) is 5.88 Å². The molecule has 1 aliphatic rings. The molecule has 86 valence electrons. The van der Waals surface area contributed by atoms with Crippen molar-refractivity contribution >= 4 is 5.78 Å². The maximum Gasteiger partial charge on any atom is 0.220 e. The van der Waals surface area contributed by atoms with Crippen LogP contribution in [0.25, 0.3) is 0 Å². The SMILES string of the molecule is COc1nc(C(C)=O)nc2c1CCOCC2. The quantitative estimate of drug-likeness (QED) is 0.693. The van der Waals surface area contributed by atoms with Crippen LogP contribution in [0, 0.1) is 0 Å². The van der Waals surface area contributed by atoms with E-state index in [0.717, 1.165) is 17.7 Å². The third-order valence-corrected chi connectivity index (χ3v) is 2.54. The molecule has 1 aliphatic heterocycles. The molecule has 5 nitrogen and oxygen atoms in total. The summed E-state index contributed by atoms with van der Waals surface area (Å²) < 4.78 is 10.6. The molecular weight excluding hydrogens is 208 g/mol. The maximum absolute atomic E-state index is 11.3. The predicted molar refractivity (Wildman–Crippen MR) is 56.8 cm³/mol. The van der Waals surface area contributed by atoms with Gasteiger partial charge in [-0.2, -0.15) is 4.98 Å². The number of ether oxygens (including phenoxy) is 2. The van der Waals surface area contributed by atoms with Crippen LogP contribution in [0.15, 0.2) is 0 Å². The van der Waals surface area contributed by atoms with Gasteiger partial charge in [-0.05, 0) is 0 Å². The van der Waals surface area contributed by atoms with E-state index in [1.807, 2.05) is 0 Å². The van der Waals surface area contributed by atoms with E-state index in [1.165, 1.54) is 6.92 Å². The number of Topliss-reactive ketones (excluding diaryl/α,β-unsaturated/α-hetero) is 1. The summed E-state index contributed by atoms with van der Waals surface area (Å²) in [6, 6.07) is 0. The summed E-state index contributed by atoms with van der Waals surface area (Å²) in [5, 5.41) is 0. The summed E-state index contributed by atoms with van der Waals surface area (Å²) >= 11 is 0. The van der Waals surface area contributed by atoms with Crippen LogP contribution in [0.5, 0.6) is 5.88 Å². The number of hydrogen-bond donors (Lipinski definition) is 0. The molecule has 0 unspecified atom stereocenters. The number of fused-ring (bicyclic) bond motifs is 1. The Labute approximate surface area is 93.8 Å². The molecule has 0 aliphatic carbocycles. The highest BCUT2D eigenvalue weighted by atomic mass is 16.5. The fourth-order valence-electron chi connectivity index (χ4n) is 1.74. The minimum absolute atomic E-state index is 0.147. The molecule has 0 fully saturated rings. The summed E-state index contributed by atoms with van der Waals surface area (Å²) in [6.07, 6.45) is 1.44. The van der Waals surface area contributed by atoms with Gasteiger partial charge in [-0.25, -0.2) is 4.98 Å². The van der Waals surface area contributed by atoms with Crippen LogP contribution in [0.1, 0.15) is 28.8 Å². The van der Waals surface area contributed by atoms with Crippen molar-refractivity contribution in [1.82, 2.24) is 9.97 Å². The highest BCUT2D eigenvalue weighted by Crippen LogP contribution is 2.22. The summed E-state index contributed by atoms with van der Waals surface area (Å²) in [6.45, 7) is 2.73. The smallest absolute Gasteiger partial charge is 0.220 e. The molecule has 0 aromatic carbocycles. The fourth-order valence-corrected chi connectivity index (χ4v) is 1.74. The lowest BCUT2D eigenvalue weighted by molar-refractivity contribution is 0.100. The number of hydrogen-bond acceptors (Lipinski definition) is 5. The molecule has 0 atom stereocenters. The van der Waals surface area contributed by atoms with Crippen LogP contribution >= 0.6 is 0 Å². The van der Waals surface area contributed by atoms with E-state index in [0.29, 0.717) is 25.5 Å². The van der Waals surface area contributed by atoms with Crippen LogP contribution in [0.4, 0.5) is 0 Å². The summed E-state index contributed by atoms with van der Waals surface area (Å²) in [5.74, 6) is 0.574. The second kappa shape index (κ2) is 4.57. The van der Waals surface area contributed by atoms with E-state index in [4.69, 9.17) is 9.47 Å². The van der Waals surface area contributed by atoms with Gasteiger partial charge in [0.25, 0.3) is 0 Å². The van der Waals surface area contributed by atoms with Gasteiger partial charge in [-0.15, -0.1) is 0 Å². The van der Waals surface area contributed by atoms with Crippen molar-refractivity contribution in [2.24, 2.45) is 0 Å². The molecule has 0 bridgehead atoms. The Morgan fingerprint density at radius 2 is 2.06 bits per heavy atom. The van der Waals surface area contributed by atoms with E-state index in [1.54, 1.807) is 7.11 Å². The van der Waals surface area contributed by atoms with Crippen molar-refractivity contribution < 1.29 is 14.3 Å². The van der Waals surface area contributed by atoms with Crippen molar-refractivity contribution in [2.75, 3.05) is 20.3 Å². The molecule has 0 saturated heterocycles. The molecule has 0 N–H and O–H groups in total. The standard InChI is InChI=1S/C11H14N2O3/c1-7(14)10-12-9-4-6-16-5-3-8(9)11(13-10)15-2/h3-6H2,1-2H3. The average Bonchev–Trinajstić information content (AvgIpc) is 2.52. The number of methoxy groups -OCH3 is 1. The van der Waals surface area contributed by atoms with Crippen molar-refractivity contribution in [2.45, 2.75) is 19.8 Å². The Morgan fingerprint density at radius 3 is 2.75 bits per heavy atom. The lowest BCUT2D eigenvalue weighted by Gasteiger charge is -2.10. The zero-order valence-electron chi connectivity index (χ0n) is 9.45. The number of ketones is 1. The van der Waals surface area contributed by atoms with Crippen LogP contribution in [0.3, 0.4) is 0 Å². The monoisotopic (exact) mass is 222 g/mol. The number of nitrogens with zero attached hydrogens (tertiary/aromatic N) is 2. The largest absolute Gasteiger partial charge is 0.481 e. The fraction of sp³-hybridized carbons (Fsp3) is 0.545. The summed E-state index contributed by atoms with van der Waals surface area (Å²) in [4.78, 5) is 19.6. The van der Waals surface area contributed by atoms with Crippen molar-refractivity contribution in [1.29, 1.82) is 0 Å². The van der Waals surface area contributed by atoms with E-state index in [2.05, 4.69) is 9.97 Å². The minimum atomic E-state index is -0.147. The number of carbonyl (C=O) groups is 1. The first-order chi connectivity index (χ1) is 7.72. The summed E-state index contributed by atoms with van der Waals surface area (Å²) in [5.41, 5.74) is 1.83. The molecule has 0 spiro atoms. The molecule has 1 aromatic heterocycles. The van der Waals surface area contributed by atoms with Gasteiger partial charge in [0.2, 0.25) is 5.88 Å². The van der Waals surface area contributed by atoms with E-state index in [9.17, 15) is 4.79 Å². The third-order valence-electron chi connectivity index (χ3n) is 2.54. The first-order valence-corrected chi connectivity index (χ1v) is 5.25. The van der Waals surface area contributed by atoms with Crippen LogP contribution in [-0.4, -0.2) is 36.1 Å². The summed E-state index contributed by atoms with van der Waals surface area (Å²) in [7, 11) is 1.55. The van der Waals surface area contributed by atoms with Gasteiger partial charge in [0.15, 0.2) is 11.6 Å². The lowest BCUT2D eigenvalue weighted by atomic mass is 10.1. The van der Waals surface area contributed by atoms with Crippen LogP contribution in [-0.2, 0) is 17.6 Å². The predicted octanol–water partition coefficient (Wildman–Crippen LogP) is 0.803. The topological polar surface area (TPSA) is 61.3 Å². The number of carbonyl (C=O) groups excluding carboxylic acids is 1. The second-order valence-corrected chi connectivity index (χ2v) is 3.65. The van der Waals surface area contributed by atoms with E-state index < -0.39 is 0 Å². The Hall–Kier alpha value is -1.49. The Morgan fingerprint density at radius 1 is 1.31 bits per heavy atom. The molecule has 0 amide bonds. The van der Waals surface area contributed by atoms with Crippen LogP contribution < -0.4 is 4.74 Å². The van der Waals surface area contributed by atoms with Gasteiger partial charge in [0.05, 0.1) is 26.0 Å². The molecule has 0 radical (unpaired) electrons. The van der Waals surface area contributed by atoms with Gasteiger partial charge in [0, 0.05) is 25.3 Å². The molecule has 16 heavy (non-hydrogen) atoms. The Kier molecular flexibility index (Phi) is 3.14. The molecule has 2 heterocycles. The minimum Gasteiger partial charge on any atom is -0.481 e. The maximum atomic E-state index is 11.3. The number of aromatic nitrogens is 2. The third kappa shape index (κ3) is 2.04. The normalized spacial score (nSPS) is 15.1. The Bertz CT molecular complexity index is 418. The molecule has 5 heteroatoms. The highest BCUT2D eigenvalue weighted by molar-refractivity contribution is 5.90. The molecule has 0 saturated carbocycles. The molecule has 2 rings (SSSR count). The average molecular weight is 222 g/mol. The van der Waals surface area contributed by atoms with Gasteiger partial charge in [-0.1, -0.05) is 0 Å². The first kappa shape index (κ1) is 11.0. The van der Waals surface area contributed by atoms with Gasteiger partial charge < -0.3 is 9.47 Å². The zero-order chi connectivity index (χ0) is 11.5. The zero-order valence-corrected chi connectivity index (χ0v) is 9.45. The molecule has 1 aromatic rings. The second-order valence-electron chi connectivity index (χ2n) is 3.65.